The first-order valence-corrected chi connectivity index (χ1v) is 6.99. The number of nitrogens with one attached hydrogen (secondary N) is 1. The fourth-order valence-electron chi connectivity index (χ4n) is 1.31. The van der Waals surface area contributed by atoms with E-state index in [9.17, 15) is 13.2 Å². The van der Waals surface area contributed by atoms with Crippen LogP contribution in [-0.2, 0) is 15.0 Å². The molecule has 0 saturated heterocycles. The van der Waals surface area contributed by atoms with E-state index in [1.807, 2.05) is 0 Å². The molecule has 0 fully saturated rings. The number of carbonyl (C=O) groups is 1. The highest BCUT2D eigenvalue weighted by Crippen LogP contribution is 2.27. The summed E-state index contributed by atoms with van der Waals surface area (Å²) < 4.78 is 32.0. The van der Waals surface area contributed by atoms with Gasteiger partial charge in [0, 0.05) is 20.2 Å². The van der Waals surface area contributed by atoms with Crippen molar-refractivity contribution in [3.05, 3.63) is 29.8 Å². The Morgan fingerprint density at radius 1 is 1.40 bits per heavy atom. The van der Waals surface area contributed by atoms with Gasteiger partial charge in [-0.15, -0.1) is 0 Å². The van der Waals surface area contributed by atoms with Crippen LogP contribution >= 0.6 is 0 Å². The maximum Gasteiger partial charge on any atom is 0.328 e. The van der Waals surface area contributed by atoms with Crippen LogP contribution in [-0.4, -0.2) is 45.0 Å². The monoisotopic (exact) mass is 300 g/mol. The molecular weight excluding hydrogens is 284 g/mol. The Morgan fingerprint density at radius 2 is 2.05 bits per heavy atom. The summed E-state index contributed by atoms with van der Waals surface area (Å²) in [6, 6.07) is 4.65. The molecule has 0 aliphatic rings. The molecule has 0 unspecified atom stereocenters. The van der Waals surface area contributed by atoms with Gasteiger partial charge in [-0.1, -0.05) is 6.07 Å². The molecule has 0 aromatic heterocycles. The van der Waals surface area contributed by atoms with Gasteiger partial charge in [0.05, 0.1) is 12.8 Å². The number of rotatable bonds is 6. The Balaban J connectivity index is 3.16. The molecule has 0 atom stereocenters. The average molecular weight is 300 g/mol. The van der Waals surface area contributed by atoms with Crippen molar-refractivity contribution in [2.45, 2.75) is 0 Å². The maximum absolute atomic E-state index is 11.8. The molecule has 20 heavy (non-hydrogen) atoms. The Labute approximate surface area is 117 Å². The predicted molar refractivity (Wildman–Crippen MR) is 75.9 cm³/mol. The summed E-state index contributed by atoms with van der Waals surface area (Å²) >= 11 is 0. The van der Waals surface area contributed by atoms with E-state index in [0.29, 0.717) is 11.3 Å². The zero-order chi connectivity index (χ0) is 15.3. The van der Waals surface area contributed by atoms with E-state index in [1.54, 1.807) is 12.1 Å². The van der Waals surface area contributed by atoms with E-state index >= 15 is 0 Å². The molecule has 0 radical (unpaired) electrons. The number of anilines is 1. The summed E-state index contributed by atoms with van der Waals surface area (Å²) in [4.78, 5) is 10.5. The van der Waals surface area contributed by atoms with Gasteiger partial charge in [0.15, 0.2) is 0 Å². The van der Waals surface area contributed by atoms with Crippen molar-refractivity contribution in [3.8, 4) is 5.75 Å². The van der Waals surface area contributed by atoms with Crippen molar-refractivity contribution in [1.82, 2.24) is 4.31 Å². The third-order valence-corrected chi connectivity index (χ3v) is 3.80. The lowest BCUT2D eigenvalue weighted by Gasteiger charge is -2.16. The van der Waals surface area contributed by atoms with Gasteiger partial charge in [-0.2, -0.15) is 12.7 Å². The molecule has 0 aliphatic heterocycles. The number of aliphatic carboxylic acids is 1. The Morgan fingerprint density at radius 3 is 2.55 bits per heavy atom. The van der Waals surface area contributed by atoms with Crippen LogP contribution in [0.5, 0.6) is 5.75 Å². The molecule has 2 N–H and O–H groups in total. The number of ether oxygens (including phenoxy) is 1. The van der Waals surface area contributed by atoms with Gasteiger partial charge in [-0.05, 0) is 23.8 Å². The van der Waals surface area contributed by atoms with Crippen LogP contribution in [0, 0.1) is 0 Å². The predicted octanol–water partition coefficient (Wildman–Crippen LogP) is 1.01. The Hall–Kier alpha value is -2.06. The lowest BCUT2D eigenvalue weighted by atomic mass is 10.2. The summed E-state index contributed by atoms with van der Waals surface area (Å²) in [5.41, 5.74) is 0.762. The fourth-order valence-corrected chi connectivity index (χ4v) is 1.93. The van der Waals surface area contributed by atoms with Crippen LogP contribution in [0.4, 0.5) is 5.69 Å². The fraction of sp³-hybridized carbons (Fsp3) is 0.250. The lowest BCUT2D eigenvalue weighted by molar-refractivity contribution is -0.131. The van der Waals surface area contributed by atoms with Gasteiger partial charge in [0.2, 0.25) is 0 Å². The normalized spacial score (nSPS) is 11.8. The topological polar surface area (TPSA) is 95.9 Å². The van der Waals surface area contributed by atoms with Crippen LogP contribution in [0.1, 0.15) is 5.56 Å². The van der Waals surface area contributed by atoms with E-state index in [2.05, 4.69) is 4.72 Å². The molecule has 0 aliphatic carbocycles. The van der Waals surface area contributed by atoms with Crippen molar-refractivity contribution >= 4 is 27.9 Å². The van der Waals surface area contributed by atoms with Gasteiger partial charge in [-0.3, -0.25) is 4.72 Å². The van der Waals surface area contributed by atoms with Crippen LogP contribution in [0.3, 0.4) is 0 Å². The Bertz CT molecular complexity index is 623. The van der Waals surface area contributed by atoms with E-state index in [-0.39, 0.29) is 5.69 Å². The lowest BCUT2D eigenvalue weighted by Crippen LogP contribution is -2.29. The van der Waals surface area contributed by atoms with Crippen molar-refractivity contribution in [1.29, 1.82) is 0 Å². The van der Waals surface area contributed by atoms with Crippen molar-refractivity contribution in [2.75, 3.05) is 25.9 Å². The highest BCUT2D eigenvalue weighted by atomic mass is 32.2. The zero-order valence-electron chi connectivity index (χ0n) is 11.3. The molecular formula is C12H16N2O5S. The number of hydrogen-bond acceptors (Lipinski definition) is 4. The maximum atomic E-state index is 11.8. The number of methoxy groups -OCH3 is 1. The zero-order valence-corrected chi connectivity index (χ0v) is 12.1. The van der Waals surface area contributed by atoms with Crippen LogP contribution in [0.2, 0.25) is 0 Å². The molecule has 0 amide bonds. The largest absolute Gasteiger partial charge is 0.495 e. The molecule has 0 saturated carbocycles. The minimum Gasteiger partial charge on any atom is -0.495 e. The summed E-state index contributed by atoms with van der Waals surface area (Å²) in [5, 5.41) is 8.57. The van der Waals surface area contributed by atoms with Crippen LogP contribution < -0.4 is 9.46 Å². The van der Waals surface area contributed by atoms with Gasteiger partial charge in [0.1, 0.15) is 5.75 Å². The highest BCUT2D eigenvalue weighted by molar-refractivity contribution is 7.90. The summed E-state index contributed by atoms with van der Waals surface area (Å²) in [7, 11) is 0.527. The summed E-state index contributed by atoms with van der Waals surface area (Å²) in [5.74, 6) is -0.751. The summed E-state index contributed by atoms with van der Waals surface area (Å²) in [6.07, 6.45) is 2.32. The third-order valence-electron chi connectivity index (χ3n) is 2.36. The average Bonchev–Trinajstić information content (AvgIpc) is 2.36. The second kappa shape index (κ2) is 6.40. The quantitative estimate of drug-likeness (QED) is 0.764. The molecule has 0 bridgehead atoms. The van der Waals surface area contributed by atoms with Crippen molar-refractivity contribution in [3.63, 3.8) is 0 Å². The number of carboxylic acids is 1. The minimum atomic E-state index is -3.67. The van der Waals surface area contributed by atoms with E-state index in [1.165, 1.54) is 33.3 Å². The molecule has 7 nitrogen and oxygen atoms in total. The minimum absolute atomic E-state index is 0.230. The van der Waals surface area contributed by atoms with Crippen LogP contribution in [0.15, 0.2) is 24.3 Å². The molecule has 0 spiro atoms. The standard InChI is InChI=1S/C12H16N2O5S/c1-14(2)20(17,18)13-10-8-9(5-7-12(15)16)4-6-11(10)19-3/h4-8,13H,1-3H3,(H,15,16). The molecule has 1 rings (SSSR count). The van der Waals surface area contributed by atoms with E-state index in [4.69, 9.17) is 9.84 Å². The summed E-state index contributed by atoms with van der Waals surface area (Å²) in [6.45, 7) is 0. The molecule has 1 aromatic carbocycles. The highest BCUT2D eigenvalue weighted by Gasteiger charge is 2.15. The smallest absolute Gasteiger partial charge is 0.328 e. The first-order valence-electron chi connectivity index (χ1n) is 5.55. The number of nitrogens with zero attached hydrogens (tertiary/aromatic N) is 1. The number of benzene rings is 1. The van der Waals surface area contributed by atoms with Crippen molar-refractivity contribution in [2.24, 2.45) is 0 Å². The van der Waals surface area contributed by atoms with Gasteiger partial charge < -0.3 is 9.84 Å². The van der Waals surface area contributed by atoms with Gasteiger partial charge in [0.25, 0.3) is 0 Å². The van der Waals surface area contributed by atoms with Crippen molar-refractivity contribution < 1.29 is 23.1 Å². The number of carboxylic acid groups (broad SMARTS) is 1. The van der Waals surface area contributed by atoms with Gasteiger partial charge >= 0.3 is 16.2 Å². The van der Waals surface area contributed by atoms with Crippen LogP contribution in [0.25, 0.3) is 6.08 Å². The third kappa shape index (κ3) is 4.25. The molecule has 8 heteroatoms. The van der Waals surface area contributed by atoms with E-state index < -0.39 is 16.2 Å². The van der Waals surface area contributed by atoms with E-state index in [0.717, 1.165) is 10.4 Å². The second-order valence-corrected chi connectivity index (χ2v) is 5.91. The number of hydrogen-bond donors (Lipinski definition) is 2. The Kier molecular flexibility index (Phi) is 5.12. The first kappa shape index (κ1) is 16.0. The second-order valence-electron chi connectivity index (χ2n) is 4.02. The molecule has 110 valence electrons. The molecule has 1 aromatic rings. The first-order chi connectivity index (χ1) is 9.26. The SMILES string of the molecule is COc1ccc(C=CC(=O)O)cc1NS(=O)(=O)N(C)C. The molecule has 0 heterocycles. The van der Waals surface area contributed by atoms with Gasteiger partial charge in [-0.25, -0.2) is 4.79 Å².